The van der Waals surface area contributed by atoms with E-state index in [1.54, 1.807) is 62.6 Å². The van der Waals surface area contributed by atoms with Gasteiger partial charge in [-0.25, -0.2) is 8.42 Å². The molecule has 0 saturated carbocycles. The van der Waals surface area contributed by atoms with E-state index >= 15 is 0 Å². The molecule has 1 fully saturated rings. The Kier molecular flexibility index (Phi) is 8.35. The van der Waals surface area contributed by atoms with Crippen LogP contribution in [0.4, 0.5) is 0 Å². The Balaban J connectivity index is 1.41. The van der Waals surface area contributed by atoms with E-state index in [4.69, 9.17) is 14.2 Å². The molecule has 174 valence electrons. The van der Waals surface area contributed by atoms with Crippen LogP contribution in [0, 0.1) is 0 Å². The molecule has 1 aliphatic rings. The zero-order valence-corrected chi connectivity index (χ0v) is 19.3. The third-order valence-electron chi connectivity index (χ3n) is 5.19. The predicted molar refractivity (Wildman–Crippen MR) is 121 cm³/mol. The average molecular weight is 463 g/mol. The number of methoxy groups -OCH3 is 1. The summed E-state index contributed by atoms with van der Waals surface area (Å²) in [6, 6.07) is 13.4. The molecule has 32 heavy (non-hydrogen) atoms. The van der Waals surface area contributed by atoms with Gasteiger partial charge in [-0.1, -0.05) is 6.42 Å². The summed E-state index contributed by atoms with van der Waals surface area (Å²) in [5.74, 6) is 1.57. The number of hydrogen-bond donors (Lipinski definition) is 1. The molecule has 0 aromatic heterocycles. The summed E-state index contributed by atoms with van der Waals surface area (Å²) in [4.78, 5) is 12.5. The Bertz CT molecular complexity index is 971. The molecule has 0 unspecified atom stereocenters. The molecular formula is C23H30N2O6S. The fraction of sp³-hybridized carbons (Fsp3) is 0.435. The molecule has 0 spiro atoms. The highest BCUT2D eigenvalue weighted by Crippen LogP contribution is 2.22. The van der Waals surface area contributed by atoms with Crippen molar-refractivity contribution >= 4 is 15.9 Å². The SMILES string of the molecule is COc1ccc(O[C@@H](C)C(=O)NCCOc2ccc(S(=O)(=O)N3CCCCC3)cc2)cc1. The number of rotatable bonds is 10. The summed E-state index contributed by atoms with van der Waals surface area (Å²) in [6.45, 7) is 3.35. The van der Waals surface area contributed by atoms with Gasteiger partial charge in [-0.05, 0) is 68.3 Å². The maximum Gasteiger partial charge on any atom is 0.260 e. The van der Waals surface area contributed by atoms with Crippen LogP contribution < -0.4 is 19.5 Å². The predicted octanol–water partition coefficient (Wildman–Crippen LogP) is 2.83. The summed E-state index contributed by atoms with van der Waals surface area (Å²) in [6.07, 6.45) is 2.20. The molecule has 1 amide bonds. The third-order valence-corrected chi connectivity index (χ3v) is 7.10. The van der Waals surface area contributed by atoms with E-state index in [2.05, 4.69) is 5.32 Å². The highest BCUT2D eigenvalue weighted by atomic mass is 32.2. The molecule has 8 nitrogen and oxygen atoms in total. The van der Waals surface area contributed by atoms with Gasteiger partial charge in [0.05, 0.1) is 18.6 Å². The topological polar surface area (TPSA) is 94.2 Å². The molecule has 1 N–H and O–H groups in total. The second-order valence-electron chi connectivity index (χ2n) is 7.51. The van der Waals surface area contributed by atoms with Gasteiger partial charge in [0.2, 0.25) is 10.0 Å². The zero-order chi connectivity index (χ0) is 23.0. The van der Waals surface area contributed by atoms with Crippen LogP contribution in [0.5, 0.6) is 17.2 Å². The Morgan fingerprint density at radius 3 is 2.19 bits per heavy atom. The van der Waals surface area contributed by atoms with E-state index < -0.39 is 16.1 Å². The molecule has 1 saturated heterocycles. The van der Waals surface area contributed by atoms with Crippen molar-refractivity contribution in [3.63, 3.8) is 0 Å². The standard InChI is InChI=1S/C23H30N2O6S/c1-18(31-21-8-6-19(29-2)7-9-21)23(26)24-14-17-30-20-10-12-22(13-11-20)32(27,28)25-15-4-3-5-16-25/h6-13,18H,3-5,14-17H2,1-2H3,(H,24,26)/t18-/m0/s1. The van der Waals surface area contributed by atoms with Gasteiger partial charge < -0.3 is 19.5 Å². The summed E-state index contributed by atoms with van der Waals surface area (Å²) in [7, 11) is -1.87. The van der Waals surface area contributed by atoms with Gasteiger partial charge in [0.1, 0.15) is 23.9 Å². The minimum Gasteiger partial charge on any atom is -0.497 e. The van der Waals surface area contributed by atoms with E-state index in [0.717, 1.165) is 19.3 Å². The van der Waals surface area contributed by atoms with Crippen LogP contribution in [0.3, 0.4) is 0 Å². The van der Waals surface area contributed by atoms with Gasteiger partial charge in [-0.2, -0.15) is 4.31 Å². The van der Waals surface area contributed by atoms with Gasteiger partial charge in [-0.3, -0.25) is 4.79 Å². The van der Waals surface area contributed by atoms with Crippen molar-refractivity contribution in [2.45, 2.75) is 37.2 Å². The molecule has 2 aromatic carbocycles. The third kappa shape index (κ3) is 6.37. The monoisotopic (exact) mass is 462 g/mol. The number of benzene rings is 2. The lowest BCUT2D eigenvalue weighted by Gasteiger charge is -2.25. The van der Waals surface area contributed by atoms with Crippen molar-refractivity contribution in [1.29, 1.82) is 0 Å². The van der Waals surface area contributed by atoms with Crippen LogP contribution in [0.25, 0.3) is 0 Å². The molecule has 3 rings (SSSR count). The van der Waals surface area contributed by atoms with Crippen molar-refractivity contribution in [1.82, 2.24) is 9.62 Å². The number of carbonyl (C=O) groups is 1. The first-order valence-electron chi connectivity index (χ1n) is 10.7. The fourth-order valence-electron chi connectivity index (χ4n) is 3.36. The van der Waals surface area contributed by atoms with Crippen LogP contribution in [-0.2, 0) is 14.8 Å². The molecular weight excluding hydrogens is 432 g/mol. The number of piperidine rings is 1. The maximum atomic E-state index is 12.7. The van der Waals surface area contributed by atoms with E-state index in [0.29, 0.717) is 36.9 Å². The van der Waals surface area contributed by atoms with Crippen LogP contribution in [0.15, 0.2) is 53.4 Å². The quantitative estimate of drug-likeness (QED) is 0.546. The minimum absolute atomic E-state index is 0.249. The number of amides is 1. The summed E-state index contributed by atoms with van der Waals surface area (Å²) < 4.78 is 43.2. The molecule has 1 heterocycles. The van der Waals surface area contributed by atoms with Gasteiger partial charge in [0, 0.05) is 13.1 Å². The second kappa shape index (κ2) is 11.2. The van der Waals surface area contributed by atoms with Gasteiger partial charge in [0.25, 0.3) is 5.91 Å². The lowest BCUT2D eigenvalue weighted by atomic mass is 10.2. The normalized spacial score (nSPS) is 15.6. The number of carbonyl (C=O) groups excluding carboxylic acids is 1. The van der Waals surface area contributed by atoms with E-state index in [-0.39, 0.29) is 17.4 Å². The van der Waals surface area contributed by atoms with E-state index in [1.165, 1.54) is 4.31 Å². The van der Waals surface area contributed by atoms with Crippen LogP contribution in [-0.4, -0.2) is 58.1 Å². The van der Waals surface area contributed by atoms with Crippen molar-refractivity contribution in [3.8, 4) is 17.2 Å². The Morgan fingerprint density at radius 1 is 0.969 bits per heavy atom. The Hall–Kier alpha value is -2.78. The smallest absolute Gasteiger partial charge is 0.260 e. The van der Waals surface area contributed by atoms with Crippen molar-refractivity contribution in [3.05, 3.63) is 48.5 Å². The molecule has 0 aliphatic carbocycles. The lowest BCUT2D eigenvalue weighted by molar-refractivity contribution is -0.127. The molecule has 1 aliphatic heterocycles. The fourth-order valence-corrected chi connectivity index (χ4v) is 4.88. The number of nitrogens with one attached hydrogen (secondary N) is 1. The van der Waals surface area contributed by atoms with Gasteiger partial charge >= 0.3 is 0 Å². The van der Waals surface area contributed by atoms with E-state index in [9.17, 15) is 13.2 Å². The molecule has 2 aromatic rings. The van der Waals surface area contributed by atoms with Crippen LogP contribution in [0.2, 0.25) is 0 Å². The van der Waals surface area contributed by atoms with Crippen molar-refractivity contribution in [2.75, 3.05) is 33.4 Å². The first-order valence-corrected chi connectivity index (χ1v) is 12.2. The van der Waals surface area contributed by atoms with Crippen molar-refractivity contribution < 1.29 is 27.4 Å². The Labute approximate surface area is 189 Å². The maximum absolute atomic E-state index is 12.7. The summed E-state index contributed by atoms with van der Waals surface area (Å²) in [5, 5.41) is 2.76. The summed E-state index contributed by atoms with van der Waals surface area (Å²) >= 11 is 0. The zero-order valence-electron chi connectivity index (χ0n) is 18.5. The number of sulfonamides is 1. The van der Waals surface area contributed by atoms with E-state index in [1.807, 2.05) is 0 Å². The number of hydrogen-bond acceptors (Lipinski definition) is 6. The van der Waals surface area contributed by atoms with Crippen LogP contribution in [0.1, 0.15) is 26.2 Å². The summed E-state index contributed by atoms with van der Waals surface area (Å²) in [5.41, 5.74) is 0. The van der Waals surface area contributed by atoms with Crippen molar-refractivity contribution in [2.24, 2.45) is 0 Å². The molecule has 0 radical (unpaired) electrons. The van der Waals surface area contributed by atoms with Crippen LogP contribution >= 0.6 is 0 Å². The van der Waals surface area contributed by atoms with Gasteiger partial charge in [-0.15, -0.1) is 0 Å². The minimum atomic E-state index is -3.45. The van der Waals surface area contributed by atoms with Gasteiger partial charge in [0.15, 0.2) is 6.10 Å². The average Bonchev–Trinajstić information content (AvgIpc) is 2.83. The highest BCUT2D eigenvalue weighted by Gasteiger charge is 2.25. The first-order chi connectivity index (χ1) is 15.4. The Morgan fingerprint density at radius 2 is 1.56 bits per heavy atom. The molecule has 9 heteroatoms. The first kappa shape index (κ1) is 23.9. The number of ether oxygens (including phenoxy) is 3. The number of nitrogens with zero attached hydrogens (tertiary/aromatic N) is 1. The molecule has 1 atom stereocenters. The lowest BCUT2D eigenvalue weighted by Crippen LogP contribution is -2.38. The second-order valence-corrected chi connectivity index (χ2v) is 9.45. The molecule has 0 bridgehead atoms. The largest absolute Gasteiger partial charge is 0.497 e. The highest BCUT2D eigenvalue weighted by molar-refractivity contribution is 7.89.